The summed E-state index contributed by atoms with van der Waals surface area (Å²) in [5.74, 6) is 0. The summed E-state index contributed by atoms with van der Waals surface area (Å²) in [6.45, 7) is 0. The van der Waals surface area contributed by atoms with Gasteiger partial charge in [-0.05, 0) is 0 Å². The molecular weight excluding hydrogens is 224 g/mol. The van der Waals surface area contributed by atoms with Crippen molar-refractivity contribution in [3.8, 4) is 0 Å². The van der Waals surface area contributed by atoms with Crippen LogP contribution in [0.4, 0.5) is 0 Å². The van der Waals surface area contributed by atoms with E-state index in [2.05, 4.69) is 60.7 Å². The first-order valence-electron chi connectivity index (χ1n) is 5.03. The molecule has 0 N–H and O–H groups in total. The maximum atomic E-state index is 2.20. The monoisotopic (exact) mass is 238 g/mol. The Balaban J connectivity index is 1.81. The van der Waals surface area contributed by atoms with E-state index in [1.54, 1.807) is 0 Å². The van der Waals surface area contributed by atoms with Crippen molar-refractivity contribution in [2.45, 2.75) is 10.6 Å². The van der Waals surface area contributed by atoms with E-state index in [4.69, 9.17) is 0 Å². The molecule has 0 aliphatic rings. The summed E-state index contributed by atoms with van der Waals surface area (Å²) in [5, 5.41) is 2.35. The third-order valence-electron chi connectivity index (χ3n) is 2.15. The summed E-state index contributed by atoms with van der Waals surface area (Å²) in [4.78, 5) is 0. The fraction of sp³-hybridized carbons (Fsp3) is 0.143. The molecule has 2 rings (SSSR count). The average molecular weight is 238 g/mol. The summed E-state index contributed by atoms with van der Waals surface area (Å²) in [6.07, 6.45) is 0. The minimum absolute atomic E-state index is 1.18. The van der Waals surface area contributed by atoms with Gasteiger partial charge in [0.1, 0.15) is 0 Å². The zero-order valence-electron chi connectivity index (χ0n) is 8.54. The van der Waals surface area contributed by atoms with E-state index < -0.39 is 0 Å². The van der Waals surface area contributed by atoms with Gasteiger partial charge in [-0.1, -0.05) is 0 Å². The molecule has 0 fully saturated rings. The molecule has 0 aliphatic carbocycles. The minimum atomic E-state index is 1.18. The van der Waals surface area contributed by atoms with Crippen LogP contribution < -0.4 is 0 Å². The Morgan fingerprint density at radius 1 is 0.600 bits per heavy atom. The summed E-state index contributed by atoms with van der Waals surface area (Å²) < 4.78 is 0. The summed E-state index contributed by atoms with van der Waals surface area (Å²) in [5.41, 5.74) is 2.88. The summed E-state index contributed by atoms with van der Waals surface area (Å²) in [7, 11) is 0. The molecule has 78 valence electrons. The summed E-state index contributed by atoms with van der Waals surface area (Å²) >= 11 is 1.23. The third kappa shape index (κ3) is 3.54. The SMILES string of the molecule is c1ccc([CH2][Fe][CH2]c2ccccc2)cc1. The van der Waals surface area contributed by atoms with Crippen LogP contribution in [0.3, 0.4) is 0 Å². The number of benzene rings is 2. The molecule has 15 heavy (non-hydrogen) atoms. The van der Waals surface area contributed by atoms with Gasteiger partial charge in [0.05, 0.1) is 0 Å². The Labute approximate surface area is 97.5 Å². The molecule has 0 bridgehead atoms. The predicted molar refractivity (Wildman–Crippen MR) is 60.3 cm³/mol. The van der Waals surface area contributed by atoms with Crippen LogP contribution in [0.15, 0.2) is 60.7 Å². The Bertz CT molecular complexity index is 341. The molecule has 0 spiro atoms. The van der Waals surface area contributed by atoms with Crippen LogP contribution in [0, 0.1) is 0 Å². The maximum absolute atomic E-state index is 2.20. The predicted octanol–water partition coefficient (Wildman–Crippen LogP) is 3.47. The molecule has 0 radical (unpaired) electrons. The normalized spacial score (nSPS) is 10.4. The van der Waals surface area contributed by atoms with Gasteiger partial charge >= 0.3 is 97.4 Å². The topological polar surface area (TPSA) is 0 Å². The van der Waals surface area contributed by atoms with Gasteiger partial charge in [0.2, 0.25) is 0 Å². The van der Waals surface area contributed by atoms with Crippen molar-refractivity contribution in [1.82, 2.24) is 0 Å². The number of rotatable bonds is 4. The Hall–Kier alpha value is -1.04. The van der Waals surface area contributed by atoms with Gasteiger partial charge in [0.25, 0.3) is 0 Å². The van der Waals surface area contributed by atoms with Crippen molar-refractivity contribution in [3.05, 3.63) is 71.8 Å². The van der Waals surface area contributed by atoms with E-state index in [9.17, 15) is 0 Å². The molecule has 0 nitrogen and oxygen atoms in total. The van der Waals surface area contributed by atoms with Gasteiger partial charge < -0.3 is 0 Å². The molecule has 0 atom stereocenters. The summed E-state index contributed by atoms with van der Waals surface area (Å²) in [6, 6.07) is 21.4. The molecule has 0 saturated carbocycles. The van der Waals surface area contributed by atoms with E-state index in [0.717, 1.165) is 0 Å². The Morgan fingerprint density at radius 3 is 1.40 bits per heavy atom. The molecule has 0 heterocycles. The van der Waals surface area contributed by atoms with E-state index in [1.165, 1.54) is 36.7 Å². The zero-order valence-corrected chi connectivity index (χ0v) is 9.65. The van der Waals surface area contributed by atoms with Gasteiger partial charge in [-0.25, -0.2) is 0 Å². The average Bonchev–Trinajstić information content (AvgIpc) is 2.32. The van der Waals surface area contributed by atoms with Crippen molar-refractivity contribution < 1.29 is 15.0 Å². The van der Waals surface area contributed by atoms with Crippen molar-refractivity contribution in [3.63, 3.8) is 0 Å². The first kappa shape index (κ1) is 10.5. The van der Waals surface area contributed by atoms with Gasteiger partial charge in [-0.2, -0.15) is 0 Å². The van der Waals surface area contributed by atoms with Crippen LogP contribution in [0.5, 0.6) is 0 Å². The van der Waals surface area contributed by atoms with Crippen molar-refractivity contribution >= 4 is 0 Å². The second kappa shape index (κ2) is 5.75. The standard InChI is InChI=1S/2C7H7.Fe/c2*1-7-5-3-2-4-6-7;/h2*2-6H,1H2;. The van der Waals surface area contributed by atoms with Crippen LogP contribution in [-0.2, 0) is 25.6 Å². The van der Waals surface area contributed by atoms with E-state index >= 15 is 0 Å². The molecule has 0 aromatic heterocycles. The molecule has 0 saturated heterocycles. The molecule has 0 unspecified atom stereocenters. The first-order valence-corrected chi connectivity index (χ1v) is 6.59. The van der Waals surface area contributed by atoms with Crippen LogP contribution >= 0.6 is 0 Å². The molecule has 0 amide bonds. The van der Waals surface area contributed by atoms with Crippen molar-refractivity contribution in [1.29, 1.82) is 0 Å². The number of hydrogen-bond donors (Lipinski definition) is 0. The third-order valence-corrected chi connectivity index (χ3v) is 3.60. The van der Waals surface area contributed by atoms with Gasteiger partial charge in [0, 0.05) is 0 Å². The Kier molecular flexibility index (Phi) is 4.01. The number of hydrogen-bond acceptors (Lipinski definition) is 0. The van der Waals surface area contributed by atoms with Crippen LogP contribution in [0.2, 0.25) is 0 Å². The fourth-order valence-electron chi connectivity index (χ4n) is 1.37. The quantitative estimate of drug-likeness (QED) is 0.715. The molecule has 2 aromatic carbocycles. The van der Waals surface area contributed by atoms with Gasteiger partial charge in [-0.3, -0.25) is 0 Å². The van der Waals surface area contributed by atoms with Crippen LogP contribution in [0.25, 0.3) is 0 Å². The van der Waals surface area contributed by atoms with Crippen LogP contribution in [0.1, 0.15) is 11.1 Å². The molecule has 0 aliphatic heterocycles. The first-order chi connectivity index (χ1) is 7.45. The van der Waals surface area contributed by atoms with Gasteiger partial charge in [-0.15, -0.1) is 0 Å². The van der Waals surface area contributed by atoms with Crippen molar-refractivity contribution in [2.75, 3.05) is 0 Å². The molecule has 2 aromatic rings. The Morgan fingerprint density at radius 2 is 1.00 bits per heavy atom. The van der Waals surface area contributed by atoms with E-state index in [-0.39, 0.29) is 0 Å². The van der Waals surface area contributed by atoms with Crippen molar-refractivity contribution in [2.24, 2.45) is 0 Å². The fourth-order valence-corrected chi connectivity index (χ4v) is 2.67. The zero-order chi connectivity index (χ0) is 10.3. The van der Waals surface area contributed by atoms with Gasteiger partial charge in [0.15, 0.2) is 0 Å². The molecular formula is C14H14Fe. The van der Waals surface area contributed by atoms with Crippen LogP contribution in [-0.4, -0.2) is 0 Å². The van der Waals surface area contributed by atoms with E-state index in [0.29, 0.717) is 0 Å². The second-order valence-corrected chi connectivity index (χ2v) is 4.73. The van der Waals surface area contributed by atoms with E-state index in [1.807, 2.05) is 0 Å². The molecule has 1 heteroatoms. The second-order valence-electron chi connectivity index (χ2n) is 3.40.